The Hall–Kier alpha value is -2.77. The Morgan fingerprint density at radius 2 is 1.72 bits per heavy atom. The van der Waals surface area contributed by atoms with Gasteiger partial charge in [0, 0.05) is 53.2 Å². The maximum Gasteiger partial charge on any atom is 0.294 e. The van der Waals surface area contributed by atoms with Crippen molar-refractivity contribution in [1.29, 1.82) is 0 Å². The van der Waals surface area contributed by atoms with Crippen molar-refractivity contribution in [2.45, 2.75) is 6.92 Å². The number of carbonyl (C=O) groups is 1. The van der Waals surface area contributed by atoms with E-state index in [0.29, 0.717) is 53.3 Å². The van der Waals surface area contributed by atoms with Gasteiger partial charge in [-0.15, -0.1) is 0 Å². The number of benzene rings is 2. The highest BCUT2D eigenvalue weighted by Gasteiger charge is 2.29. The molecule has 1 aliphatic heterocycles. The third-order valence-corrected chi connectivity index (χ3v) is 5.60. The molecule has 0 atom stereocenters. The van der Waals surface area contributed by atoms with E-state index in [1.807, 2.05) is 11.8 Å². The Labute approximate surface area is 176 Å². The Kier molecular flexibility index (Phi) is 5.10. The first kappa shape index (κ1) is 19.5. The molecule has 3 aromatic rings. The average molecular weight is 434 g/mol. The molecular formula is C20H17Cl2N3O4. The first-order valence-electron chi connectivity index (χ1n) is 9.02. The highest BCUT2D eigenvalue weighted by atomic mass is 35.5. The molecule has 1 aromatic heterocycles. The zero-order valence-electron chi connectivity index (χ0n) is 15.5. The third kappa shape index (κ3) is 3.63. The molecule has 9 heteroatoms. The number of carbonyl (C=O) groups excluding carboxylic acids is 1. The van der Waals surface area contributed by atoms with Crippen LogP contribution in [0.3, 0.4) is 0 Å². The van der Waals surface area contributed by atoms with Crippen molar-refractivity contribution >= 4 is 51.5 Å². The highest BCUT2D eigenvalue weighted by molar-refractivity contribution is 6.31. The number of aryl methyl sites for hydroxylation is 1. The molecule has 0 unspecified atom stereocenters. The van der Waals surface area contributed by atoms with Crippen LogP contribution in [0.5, 0.6) is 0 Å². The van der Waals surface area contributed by atoms with Crippen molar-refractivity contribution < 1.29 is 14.1 Å². The minimum absolute atomic E-state index is 0.0396. The van der Waals surface area contributed by atoms with E-state index in [2.05, 4.69) is 0 Å². The van der Waals surface area contributed by atoms with Crippen LogP contribution in [0.1, 0.15) is 16.1 Å². The van der Waals surface area contributed by atoms with Gasteiger partial charge < -0.3 is 14.2 Å². The molecule has 29 heavy (non-hydrogen) atoms. The fourth-order valence-corrected chi connectivity index (χ4v) is 3.94. The summed E-state index contributed by atoms with van der Waals surface area (Å²) in [6.45, 7) is 3.63. The molecule has 7 nitrogen and oxygen atoms in total. The Morgan fingerprint density at radius 3 is 2.41 bits per heavy atom. The van der Waals surface area contributed by atoms with E-state index in [1.54, 1.807) is 35.2 Å². The van der Waals surface area contributed by atoms with Crippen LogP contribution in [-0.4, -0.2) is 41.9 Å². The largest absolute Gasteiger partial charge is 0.451 e. The Balaban J connectivity index is 1.53. The van der Waals surface area contributed by atoms with Gasteiger partial charge in [0.25, 0.3) is 11.6 Å². The molecule has 1 aliphatic rings. The van der Waals surface area contributed by atoms with Gasteiger partial charge in [-0.1, -0.05) is 23.2 Å². The number of nitro groups is 1. The topological polar surface area (TPSA) is 79.8 Å². The number of hydrogen-bond donors (Lipinski definition) is 0. The molecule has 0 bridgehead atoms. The molecular weight excluding hydrogens is 417 g/mol. The average Bonchev–Trinajstić information content (AvgIpc) is 3.03. The van der Waals surface area contributed by atoms with Gasteiger partial charge in [0.1, 0.15) is 11.3 Å². The number of nitrogens with zero attached hydrogens (tertiary/aromatic N) is 3. The Morgan fingerprint density at radius 1 is 1.07 bits per heavy atom. The first-order chi connectivity index (χ1) is 13.8. The highest BCUT2D eigenvalue weighted by Crippen LogP contribution is 2.32. The summed E-state index contributed by atoms with van der Waals surface area (Å²) in [6.07, 6.45) is 0. The maximum atomic E-state index is 13.0. The summed E-state index contributed by atoms with van der Waals surface area (Å²) in [5.41, 5.74) is 1.83. The van der Waals surface area contributed by atoms with E-state index in [-0.39, 0.29) is 11.6 Å². The van der Waals surface area contributed by atoms with Gasteiger partial charge in [0.15, 0.2) is 5.76 Å². The van der Waals surface area contributed by atoms with E-state index in [0.717, 1.165) is 10.9 Å². The SMILES string of the molecule is Cc1c(C(=O)N2CCN(c3ccc(Cl)cc3[N+](=O)[O-])CC2)oc2ccc(Cl)cc12. The quantitative estimate of drug-likeness (QED) is 0.432. The van der Waals surface area contributed by atoms with Crippen LogP contribution >= 0.6 is 23.2 Å². The number of rotatable bonds is 3. The zero-order chi connectivity index (χ0) is 20.7. The molecule has 1 fully saturated rings. The molecule has 1 saturated heterocycles. The van der Waals surface area contributed by atoms with Gasteiger partial charge in [-0.25, -0.2) is 0 Å². The predicted octanol–water partition coefficient (Wildman–Crippen LogP) is 4.92. The van der Waals surface area contributed by atoms with Gasteiger partial charge in [0.05, 0.1) is 4.92 Å². The first-order valence-corrected chi connectivity index (χ1v) is 9.77. The summed E-state index contributed by atoms with van der Waals surface area (Å²) in [4.78, 5) is 27.5. The van der Waals surface area contributed by atoms with Crippen molar-refractivity contribution in [3.8, 4) is 0 Å². The van der Waals surface area contributed by atoms with Crippen molar-refractivity contribution in [1.82, 2.24) is 4.90 Å². The van der Waals surface area contributed by atoms with Gasteiger partial charge in [-0.05, 0) is 37.3 Å². The number of anilines is 1. The molecule has 4 rings (SSSR count). The fraction of sp³-hybridized carbons (Fsp3) is 0.250. The van der Waals surface area contributed by atoms with Crippen LogP contribution in [0, 0.1) is 17.0 Å². The molecule has 0 N–H and O–H groups in total. The molecule has 1 amide bonds. The van der Waals surface area contributed by atoms with Crippen LogP contribution < -0.4 is 4.90 Å². The van der Waals surface area contributed by atoms with E-state index >= 15 is 0 Å². The van der Waals surface area contributed by atoms with Crippen molar-refractivity contribution in [2.75, 3.05) is 31.1 Å². The molecule has 0 aliphatic carbocycles. The monoisotopic (exact) mass is 433 g/mol. The Bertz CT molecular complexity index is 1120. The minimum Gasteiger partial charge on any atom is -0.451 e. The summed E-state index contributed by atoms with van der Waals surface area (Å²) in [5, 5.41) is 13.1. The van der Waals surface area contributed by atoms with Gasteiger partial charge >= 0.3 is 0 Å². The lowest BCUT2D eigenvalue weighted by Gasteiger charge is -2.35. The van der Waals surface area contributed by atoms with Gasteiger partial charge in [-0.2, -0.15) is 0 Å². The lowest BCUT2D eigenvalue weighted by molar-refractivity contribution is -0.384. The fourth-order valence-electron chi connectivity index (χ4n) is 3.60. The number of halogens is 2. The standard InChI is InChI=1S/C20H17Cl2N3O4/c1-12-15-10-13(21)3-5-18(15)29-19(12)20(26)24-8-6-23(7-9-24)16-4-2-14(22)11-17(16)25(27)28/h2-5,10-11H,6-9H2,1H3. The van der Waals surface area contributed by atoms with Crippen LogP contribution in [0.25, 0.3) is 11.0 Å². The lowest BCUT2D eigenvalue weighted by atomic mass is 10.1. The van der Waals surface area contributed by atoms with E-state index in [9.17, 15) is 14.9 Å². The molecule has 2 aromatic carbocycles. The van der Waals surface area contributed by atoms with Gasteiger partial charge in [0.2, 0.25) is 0 Å². The number of nitro benzene ring substituents is 1. The summed E-state index contributed by atoms with van der Waals surface area (Å²) >= 11 is 11.9. The van der Waals surface area contributed by atoms with E-state index in [1.165, 1.54) is 6.07 Å². The van der Waals surface area contributed by atoms with Crippen molar-refractivity contribution in [3.63, 3.8) is 0 Å². The number of amides is 1. The summed E-state index contributed by atoms with van der Waals surface area (Å²) in [6, 6.07) is 9.87. The lowest BCUT2D eigenvalue weighted by Crippen LogP contribution is -2.49. The van der Waals surface area contributed by atoms with Crippen LogP contribution in [-0.2, 0) is 0 Å². The van der Waals surface area contributed by atoms with Crippen molar-refractivity contribution in [3.05, 3.63) is 67.9 Å². The second-order valence-corrected chi connectivity index (χ2v) is 7.74. The molecule has 150 valence electrons. The van der Waals surface area contributed by atoms with Crippen LogP contribution in [0.15, 0.2) is 40.8 Å². The number of fused-ring (bicyclic) bond motifs is 1. The normalized spacial score (nSPS) is 14.4. The molecule has 0 saturated carbocycles. The van der Waals surface area contributed by atoms with Crippen LogP contribution in [0.2, 0.25) is 10.0 Å². The van der Waals surface area contributed by atoms with Crippen LogP contribution in [0.4, 0.5) is 11.4 Å². The minimum atomic E-state index is -0.443. The summed E-state index contributed by atoms with van der Waals surface area (Å²) < 4.78 is 5.78. The zero-order valence-corrected chi connectivity index (χ0v) is 17.0. The third-order valence-electron chi connectivity index (χ3n) is 5.13. The van der Waals surface area contributed by atoms with Gasteiger partial charge in [-0.3, -0.25) is 14.9 Å². The summed E-state index contributed by atoms with van der Waals surface area (Å²) in [7, 11) is 0. The second kappa shape index (κ2) is 7.57. The molecule has 0 radical (unpaired) electrons. The smallest absolute Gasteiger partial charge is 0.294 e. The maximum absolute atomic E-state index is 13.0. The number of furan rings is 1. The van der Waals surface area contributed by atoms with Crippen molar-refractivity contribution in [2.24, 2.45) is 0 Å². The van der Waals surface area contributed by atoms with E-state index in [4.69, 9.17) is 27.6 Å². The predicted molar refractivity (Wildman–Crippen MR) is 112 cm³/mol. The molecule has 0 spiro atoms. The molecule has 2 heterocycles. The van der Waals surface area contributed by atoms with E-state index < -0.39 is 4.92 Å². The summed E-state index contributed by atoms with van der Waals surface area (Å²) in [5.74, 6) is 0.105. The second-order valence-electron chi connectivity index (χ2n) is 6.87. The number of hydrogen-bond acceptors (Lipinski definition) is 5. The number of piperazine rings is 1.